The molecule has 1 aromatic heterocycles. The fourth-order valence-corrected chi connectivity index (χ4v) is 1.74. The first-order valence-electron chi connectivity index (χ1n) is 6.62. The zero-order valence-electron chi connectivity index (χ0n) is 12.3. The summed E-state index contributed by atoms with van der Waals surface area (Å²) in [4.78, 5) is 21.8. The Bertz CT molecular complexity index is 811. The number of non-ortho nitro benzene ring substituents is 1. The van der Waals surface area contributed by atoms with Gasteiger partial charge in [-0.05, 0) is 6.07 Å². The predicted molar refractivity (Wildman–Crippen MR) is 80.2 cm³/mol. The third kappa shape index (κ3) is 4.92. The Balaban J connectivity index is 2.17. The van der Waals surface area contributed by atoms with Crippen LogP contribution in [0, 0.1) is 15.3 Å². The molecule has 0 atom stereocenters. The van der Waals surface area contributed by atoms with E-state index in [1.165, 1.54) is 12.1 Å². The van der Waals surface area contributed by atoms with Gasteiger partial charge in [-0.1, -0.05) is 0 Å². The molecule has 1 heterocycles. The number of hydrogen-bond acceptors (Lipinski definition) is 6. The highest BCUT2D eigenvalue weighted by atomic mass is 19.3. The molecule has 0 radical (unpaired) electrons. The summed E-state index contributed by atoms with van der Waals surface area (Å²) in [6, 6.07) is 5.46. The first kappa shape index (κ1) is 17.7. The van der Waals surface area contributed by atoms with Crippen molar-refractivity contribution in [2.24, 2.45) is 5.10 Å². The van der Waals surface area contributed by atoms with Gasteiger partial charge in [-0.3, -0.25) is 14.9 Å². The number of nitro groups is 1. The molecular formula is C14H10F2N4O5. The van der Waals surface area contributed by atoms with Crippen LogP contribution in [-0.4, -0.2) is 23.7 Å². The SMILES string of the molecule is O=C(N/N=C\c1cc([N+](=O)[O-])ccc1OC(F)F)c1cc[n+]([O-])cc1. The van der Waals surface area contributed by atoms with Crippen LogP contribution in [0.5, 0.6) is 5.75 Å². The molecule has 0 fully saturated rings. The normalized spacial score (nSPS) is 10.8. The fourth-order valence-electron chi connectivity index (χ4n) is 1.74. The van der Waals surface area contributed by atoms with Crippen LogP contribution in [0.4, 0.5) is 14.5 Å². The zero-order valence-corrected chi connectivity index (χ0v) is 12.3. The number of carbonyl (C=O) groups excluding carboxylic acids is 1. The van der Waals surface area contributed by atoms with E-state index in [4.69, 9.17) is 0 Å². The van der Waals surface area contributed by atoms with E-state index in [0.29, 0.717) is 4.73 Å². The summed E-state index contributed by atoms with van der Waals surface area (Å²) in [6.45, 7) is -3.13. The van der Waals surface area contributed by atoms with E-state index in [9.17, 15) is 28.9 Å². The molecule has 1 amide bonds. The van der Waals surface area contributed by atoms with Gasteiger partial charge in [0.25, 0.3) is 11.6 Å². The summed E-state index contributed by atoms with van der Waals surface area (Å²) in [6.07, 6.45) is 3.14. The van der Waals surface area contributed by atoms with Crippen LogP contribution in [0.15, 0.2) is 47.8 Å². The molecule has 25 heavy (non-hydrogen) atoms. The minimum atomic E-state index is -3.13. The van der Waals surface area contributed by atoms with Crippen LogP contribution in [0.1, 0.15) is 15.9 Å². The summed E-state index contributed by atoms with van der Waals surface area (Å²) in [5.41, 5.74) is 1.75. The molecule has 0 aliphatic carbocycles. The topological polar surface area (TPSA) is 121 Å². The molecule has 0 saturated carbocycles. The van der Waals surface area contributed by atoms with Crippen LogP contribution in [0.25, 0.3) is 0 Å². The highest BCUT2D eigenvalue weighted by Crippen LogP contribution is 2.24. The van der Waals surface area contributed by atoms with Crippen molar-refractivity contribution in [3.05, 3.63) is 69.2 Å². The van der Waals surface area contributed by atoms with E-state index < -0.39 is 17.4 Å². The van der Waals surface area contributed by atoms with E-state index in [-0.39, 0.29) is 22.6 Å². The molecule has 1 N–H and O–H groups in total. The number of alkyl halides is 2. The second-order valence-electron chi connectivity index (χ2n) is 4.50. The number of amides is 1. The number of benzene rings is 1. The van der Waals surface area contributed by atoms with Gasteiger partial charge in [0.2, 0.25) is 0 Å². The lowest BCUT2D eigenvalue weighted by Crippen LogP contribution is -2.26. The fraction of sp³-hybridized carbons (Fsp3) is 0.0714. The number of ether oxygens (including phenoxy) is 1. The van der Waals surface area contributed by atoms with Gasteiger partial charge in [0.1, 0.15) is 5.75 Å². The van der Waals surface area contributed by atoms with Gasteiger partial charge in [0.15, 0.2) is 12.4 Å². The van der Waals surface area contributed by atoms with Gasteiger partial charge in [-0.2, -0.15) is 18.6 Å². The third-order valence-electron chi connectivity index (χ3n) is 2.85. The number of hydrazone groups is 1. The maximum atomic E-state index is 12.4. The van der Waals surface area contributed by atoms with Crippen molar-refractivity contribution in [3.63, 3.8) is 0 Å². The molecule has 0 saturated heterocycles. The van der Waals surface area contributed by atoms with Crippen molar-refractivity contribution in [1.29, 1.82) is 0 Å². The smallest absolute Gasteiger partial charge is 0.387 e. The van der Waals surface area contributed by atoms with E-state index in [1.807, 2.05) is 0 Å². The molecule has 130 valence electrons. The lowest BCUT2D eigenvalue weighted by atomic mass is 10.2. The number of hydrogen-bond donors (Lipinski definition) is 1. The number of nitro benzene ring substituents is 1. The lowest BCUT2D eigenvalue weighted by molar-refractivity contribution is -0.605. The van der Waals surface area contributed by atoms with E-state index in [2.05, 4.69) is 15.3 Å². The number of aromatic nitrogens is 1. The van der Waals surface area contributed by atoms with E-state index >= 15 is 0 Å². The second kappa shape index (κ2) is 7.77. The van der Waals surface area contributed by atoms with Gasteiger partial charge in [0, 0.05) is 29.8 Å². The molecule has 0 bridgehead atoms. The predicted octanol–water partition coefficient (Wildman–Crippen LogP) is 1.59. The van der Waals surface area contributed by atoms with Gasteiger partial charge >= 0.3 is 6.61 Å². The third-order valence-corrected chi connectivity index (χ3v) is 2.85. The van der Waals surface area contributed by atoms with Gasteiger partial charge in [-0.15, -0.1) is 0 Å². The monoisotopic (exact) mass is 352 g/mol. The zero-order chi connectivity index (χ0) is 18.4. The molecular weight excluding hydrogens is 342 g/mol. The summed E-state index contributed by atoms with van der Waals surface area (Å²) in [5.74, 6) is -1.01. The highest BCUT2D eigenvalue weighted by Gasteiger charge is 2.14. The van der Waals surface area contributed by atoms with Crippen LogP contribution in [0.2, 0.25) is 0 Å². The maximum absolute atomic E-state index is 12.4. The van der Waals surface area contributed by atoms with Crippen LogP contribution in [-0.2, 0) is 0 Å². The number of halogens is 2. The second-order valence-corrected chi connectivity index (χ2v) is 4.50. The Morgan fingerprint density at radius 2 is 2.00 bits per heavy atom. The van der Waals surface area contributed by atoms with E-state index in [1.54, 1.807) is 0 Å². The quantitative estimate of drug-likeness (QED) is 0.278. The van der Waals surface area contributed by atoms with Crippen molar-refractivity contribution < 1.29 is 28.0 Å². The molecule has 11 heteroatoms. The average molecular weight is 352 g/mol. The van der Waals surface area contributed by atoms with Crippen LogP contribution in [0.3, 0.4) is 0 Å². The Labute approximate surface area is 138 Å². The molecule has 0 aliphatic rings. The van der Waals surface area contributed by atoms with Gasteiger partial charge in [0.05, 0.1) is 16.7 Å². The number of nitrogens with one attached hydrogen (secondary N) is 1. The van der Waals surface area contributed by atoms with Crippen molar-refractivity contribution in [1.82, 2.24) is 5.43 Å². The Morgan fingerprint density at radius 1 is 1.32 bits per heavy atom. The molecule has 0 unspecified atom stereocenters. The Morgan fingerprint density at radius 3 is 2.60 bits per heavy atom. The summed E-state index contributed by atoms with van der Waals surface area (Å²) in [7, 11) is 0. The lowest BCUT2D eigenvalue weighted by Gasteiger charge is -2.07. The minimum Gasteiger partial charge on any atom is -0.619 e. The Hall–Kier alpha value is -3.63. The van der Waals surface area contributed by atoms with Crippen molar-refractivity contribution in [2.45, 2.75) is 6.61 Å². The van der Waals surface area contributed by atoms with Gasteiger partial charge in [-0.25, -0.2) is 5.43 Å². The largest absolute Gasteiger partial charge is 0.619 e. The number of rotatable bonds is 6. The molecule has 2 aromatic rings. The maximum Gasteiger partial charge on any atom is 0.387 e. The molecule has 2 rings (SSSR count). The first-order valence-corrected chi connectivity index (χ1v) is 6.62. The van der Waals surface area contributed by atoms with E-state index in [0.717, 1.165) is 36.8 Å². The number of nitrogens with zero attached hydrogens (tertiary/aromatic N) is 3. The summed E-state index contributed by atoms with van der Waals surface area (Å²) < 4.78 is 29.5. The molecule has 0 aliphatic heterocycles. The molecule has 1 aromatic carbocycles. The van der Waals surface area contributed by atoms with Gasteiger partial charge < -0.3 is 9.94 Å². The number of pyridine rings is 1. The Kier molecular flexibility index (Phi) is 5.50. The van der Waals surface area contributed by atoms with Crippen molar-refractivity contribution >= 4 is 17.8 Å². The molecule has 9 nitrogen and oxygen atoms in total. The minimum absolute atomic E-state index is 0.125. The average Bonchev–Trinajstić information content (AvgIpc) is 2.56. The van der Waals surface area contributed by atoms with Crippen LogP contribution < -0.4 is 14.9 Å². The summed E-state index contributed by atoms with van der Waals surface area (Å²) in [5, 5.41) is 25.2. The summed E-state index contributed by atoms with van der Waals surface area (Å²) >= 11 is 0. The molecule has 0 spiro atoms. The standard InChI is InChI=1S/C14H10F2N4O5/c15-14(16)25-12-2-1-11(20(23)24)7-10(12)8-17-18-13(21)9-3-5-19(22)6-4-9/h1-8,14H,(H,18,21)/b17-8-. The van der Waals surface area contributed by atoms with Crippen molar-refractivity contribution in [2.75, 3.05) is 0 Å². The number of carbonyl (C=O) groups is 1. The van der Waals surface area contributed by atoms with Crippen LogP contribution >= 0.6 is 0 Å². The highest BCUT2D eigenvalue weighted by molar-refractivity contribution is 5.94. The van der Waals surface area contributed by atoms with Crippen molar-refractivity contribution in [3.8, 4) is 5.75 Å². The first-order chi connectivity index (χ1) is 11.9.